The zero-order valence-electron chi connectivity index (χ0n) is 21.7. The molecule has 0 spiro atoms. The molecule has 0 aromatic heterocycles. The maximum Gasteiger partial charge on any atom is 0.0781 e. The van der Waals surface area contributed by atoms with Crippen LogP contribution in [0, 0.1) is 17.8 Å². The molecule has 0 saturated heterocycles. The van der Waals surface area contributed by atoms with Gasteiger partial charge in [-0.3, -0.25) is 0 Å². The first-order chi connectivity index (χ1) is 14.2. The van der Waals surface area contributed by atoms with Crippen LogP contribution >= 0.6 is 0 Å². The Balaban J connectivity index is 3.78. The molecule has 0 saturated carbocycles. The highest BCUT2D eigenvalue weighted by Gasteiger charge is 2.13. The van der Waals surface area contributed by atoms with Crippen molar-refractivity contribution in [3.05, 3.63) is 0 Å². The van der Waals surface area contributed by atoms with Crippen LogP contribution in [0.4, 0.5) is 0 Å². The van der Waals surface area contributed by atoms with Crippen LogP contribution in [0.1, 0.15) is 101 Å². The van der Waals surface area contributed by atoms with Crippen molar-refractivity contribution in [1.82, 2.24) is 0 Å². The third-order valence-electron chi connectivity index (χ3n) is 6.05. The second kappa shape index (κ2) is 18.4. The fraction of sp³-hybridized carbons (Fsp3) is 1.00. The van der Waals surface area contributed by atoms with Gasteiger partial charge < -0.3 is 18.9 Å². The number of hydrogen-bond donors (Lipinski definition) is 0. The standard InChI is InChI=1S/C26H54O4/c1-10-20(3)16-27-24(7)15-14-21(4)12-13-22(5)17-28-25(8)19-30-26(9)18-29-23(6)11-2/h20-26H,10-19H2,1-9H3. The molecule has 0 heterocycles. The van der Waals surface area contributed by atoms with Gasteiger partial charge >= 0.3 is 0 Å². The maximum absolute atomic E-state index is 6.01. The Kier molecular flexibility index (Phi) is 18.3. The highest BCUT2D eigenvalue weighted by Crippen LogP contribution is 2.19. The Morgan fingerprint density at radius 2 is 0.833 bits per heavy atom. The largest absolute Gasteiger partial charge is 0.378 e. The molecular weight excluding hydrogens is 376 g/mol. The van der Waals surface area contributed by atoms with Gasteiger partial charge in [-0.25, -0.2) is 0 Å². The molecule has 4 nitrogen and oxygen atoms in total. The molecule has 0 N–H and O–H groups in total. The van der Waals surface area contributed by atoms with E-state index in [2.05, 4.69) is 62.3 Å². The van der Waals surface area contributed by atoms with E-state index in [1.54, 1.807) is 0 Å². The predicted octanol–water partition coefficient (Wildman–Crippen LogP) is 6.90. The van der Waals surface area contributed by atoms with E-state index >= 15 is 0 Å². The van der Waals surface area contributed by atoms with E-state index in [1.165, 1.54) is 25.7 Å². The van der Waals surface area contributed by atoms with Crippen LogP contribution < -0.4 is 0 Å². The monoisotopic (exact) mass is 430 g/mol. The molecule has 0 aliphatic rings. The van der Waals surface area contributed by atoms with Crippen molar-refractivity contribution in [3.63, 3.8) is 0 Å². The Hall–Kier alpha value is -0.160. The van der Waals surface area contributed by atoms with Gasteiger partial charge in [-0.15, -0.1) is 0 Å². The summed E-state index contributed by atoms with van der Waals surface area (Å²) in [6, 6.07) is 0. The average molecular weight is 431 g/mol. The van der Waals surface area contributed by atoms with Crippen molar-refractivity contribution >= 4 is 0 Å². The summed E-state index contributed by atoms with van der Waals surface area (Å²) in [5, 5.41) is 0. The fourth-order valence-corrected chi connectivity index (χ4v) is 2.99. The van der Waals surface area contributed by atoms with Gasteiger partial charge in [0, 0.05) is 13.2 Å². The summed E-state index contributed by atoms with van der Waals surface area (Å²) in [5.74, 6) is 1.99. The number of ether oxygens (including phenoxy) is 4. The van der Waals surface area contributed by atoms with E-state index in [0.717, 1.165) is 32.0 Å². The summed E-state index contributed by atoms with van der Waals surface area (Å²) in [6.07, 6.45) is 8.03. The van der Waals surface area contributed by atoms with Gasteiger partial charge in [0.15, 0.2) is 0 Å². The van der Waals surface area contributed by atoms with Gasteiger partial charge in [0.05, 0.1) is 37.6 Å². The van der Waals surface area contributed by atoms with Crippen molar-refractivity contribution in [3.8, 4) is 0 Å². The summed E-state index contributed by atoms with van der Waals surface area (Å²) in [5.41, 5.74) is 0. The lowest BCUT2D eigenvalue weighted by molar-refractivity contribution is -0.0724. The van der Waals surface area contributed by atoms with Crippen LogP contribution in [0.25, 0.3) is 0 Å². The third kappa shape index (κ3) is 17.5. The van der Waals surface area contributed by atoms with Crippen molar-refractivity contribution in [2.24, 2.45) is 17.8 Å². The van der Waals surface area contributed by atoms with Gasteiger partial charge in [-0.2, -0.15) is 0 Å². The first-order valence-corrected chi connectivity index (χ1v) is 12.6. The highest BCUT2D eigenvalue weighted by molar-refractivity contribution is 4.62. The van der Waals surface area contributed by atoms with E-state index < -0.39 is 0 Å². The second-order valence-corrected chi connectivity index (χ2v) is 9.86. The molecule has 0 aliphatic carbocycles. The fourth-order valence-electron chi connectivity index (χ4n) is 2.99. The molecule has 0 fully saturated rings. The van der Waals surface area contributed by atoms with E-state index in [0.29, 0.717) is 37.3 Å². The van der Waals surface area contributed by atoms with E-state index in [4.69, 9.17) is 18.9 Å². The zero-order valence-corrected chi connectivity index (χ0v) is 21.7. The Labute approximate surface area is 188 Å². The van der Waals surface area contributed by atoms with E-state index in [1.807, 2.05) is 0 Å². The van der Waals surface area contributed by atoms with Crippen LogP contribution in [0.5, 0.6) is 0 Å². The van der Waals surface area contributed by atoms with Gasteiger partial charge in [0.2, 0.25) is 0 Å². The van der Waals surface area contributed by atoms with E-state index in [9.17, 15) is 0 Å². The van der Waals surface area contributed by atoms with Crippen LogP contribution in [-0.4, -0.2) is 50.8 Å². The molecule has 7 unspecified atom stereocenters. The Bertz CT molecular complexity index is 342. The normalized spacial score (nSPS) is 19.1. The first-order valence-electron chi connectivity index (χ1n) is 12.6. The molecule has 0 radical (unpaired) electrons. The van der Waals surface area contributed by atoms with Crippen molar-refractivity contribution in [2.45, 2.75) is 125 Å². The minimum atomic E-state index is 0.111. The van der Waals surface area contributed by atoms with Crippen LogP contribution in [-0.2, 0) is 18.9 Å². The van der Waals surface area contributed by atoms with Gasteiger partial charge in [-0.05, 0) is 71.1 Å². The minimum Gasteiger partial charge on any atom is -0.378 e. The molecule has 0 aromatic carbocycles. The predicted molar refractivity (Wildman–Crippen MR) is 128 cm³/mol. The average Bonchev–Trinajstić information content (AvgIpc) is 2.74. The molecule has 182 valence electrons. The van der Waals surface area contributed by atoms with Crippen molar-refractivity contribution in [1.29, 1.82) is 0 Å². The molecule has 0 aromatic rings. The second-order valence-electron chi connectivity index (χ2n) is 9.86. The van der Waals surface area contributed by atoms with Crippen LogP contribution in [0.3, 0.4) is 0 Å². The minimum absolute atomic E-state index is 0.111. The maximum atomic E-state index is 6.01. The summed E-state index contributed by atoms with van der Waals surface area (Å²) < 4.78 is 23.6. The number of hydrogen-bond acceptors (Lipinski definition) is 4. The first kappa shape index (κ1) is 29.8. The molecule has 7 atom stereocenters. The lowest BCUT2D eigenvalue weighted by Crippen LogP contribution is -2.26. The molecule has 0 amide bonds. The van der Waals surface area contributed by atoms with Gasteiger partial charge in [0.25, 0.3) is 0 Å². The summed E-state index contributed by atoms with van der Waals surface area (Å²) in [7, 11) is 0. The molecule has 0 rings (SSSR count). The third-order valence-corrected chi connectivity index (χ3v) is 6.05. The molecule has 0 bridgehead atoms. The van der Waals surface area contributed by atoms with Gasteiger partial charge in [-0.1, -0.05) is 47.5 Å². The smallest absolute Gasteiger partial charge is 0.0781 e. The molecular formula is C26H54O4. The number of rotatable bonds is 20. The summed E-state index contributed by atoms with van der Waals surface area (Å²) in [6.45, 7) is 22.7. The van der Waals surface area contributed by atoms with Crippen molar-refractivity contribution in [2.75, 3.05) is 26.4 Å². The van der Waals surface area contributed by atoms with Crippen molar-refractivity contribution < 1.29 is 18.9 Å². The lowest BCUT2D eigenvalue weighted by Gasteiger charge is -2.22. The zero-order chi connectivity index (χ0) is 22.9. The molecule has 30 heavy (non-hydrogen) atoms. The SMILES string of the molecule is CCC(C)COC(C)CCC(C)CCC(C)COC(C)COC(C)COC(C)CC. The quantitative estimate of drug-likeness (QED) is 0.211. The topological polar surface area (TPSA) is 36.9 Å². The van der Waals surface area contributed by atoms with Gasteiger partial charge in [0.1, 0.15) is 0 Å². The van der Waals surface area contributed by atoms with E-state index in [-0.39, 0.29) is 12.2 Å². The summed E-state index contributed by atoms with van der Waals surface area (Å²) in [4.78, 5) is 0. The Morgan fingerprint density at radius 1 is 0.400 bits per heavy atom. The molecule has 0 aliphatic heterocycles. The molecule has 4 heteroatoms. The summed E-state index contributed by atoms with van der Waals surface area (Å²) >= 11 is 0. The Morgan fingerprint density at radius 3 is 1.40 bits per heavy atom. The highest BCUT2D eigenvalue weighted by atomic mass is 16.6. The lowest BCUT2D eigenvalue weighted by atomic mass is 9.94. The van der Waals surface area contributed by atoms with Crippen LogP contribution in [0.15, 0.2) is 0 Å². The van der Waals surface area contributed by atoms with Crippen LogP contribution in [0.2, 0.25) is 0 Å².